The predicted octanol–water partition coefficient (Wildman–Crippen LogP) is 3.62. The first-order valence-electron chi connectivity index (χ1n) is 6.70. The number of aromatic nitrogens is 2. The Morgan fingerprint density at radius 3 is 2.95 bits per heavy atom. The molecule has 0 fully saturated rings. The Hall–Kier alpha value is -2.40. The summed E-state index contributed by atoms with van der Waals surface area (Å²) >= 11 is 5.68. The molecular weight excluding hydrogens is 305 g/mol. The number of carbonyl (C=O) groups excluding carboxylic acids is 1. The van der Waals surface area contributed by atoms with Gasteiger partial charge in [-0.05, 0) is 42.8 Å². The Labute approximate surface area is 131 Å². The minimum Gasteiger partial charge on any atom is -0.326 e. The number of anilines is 1. The summed E-state index contributed by atoms with van der Waals surface area (Å²) in [6.45, 7) is 1.99. The maximum atomic E-state index is 13.1. The fraction of sp³-hybridized carbons (Fsp3) is 0.125. The lowest BCUT2D eigenvalue weighted by Crippen LogP contribution is -2.14. The molecule has 6 heteroatoms. The third kappa shape index (κ3) is 3.09. The van der Waals surface area contributed by atoms with E-state index < -0.39 is 5.82 Å². The maximum absolute atomic E-state index is 13.1. The minimum atomic E-state index is -0.518. The molecule has 0 saturated carbocycles. The summed E-state index contributed by atoms with van der Waals surface area (Å²) in [5.41, 5.74) is 3.02. The number of fused-ring (bicyclic) bond motifs is 1. The van der Waals surface area contributed by atoms with Gasteiger partial charge in [0, 0.05) is 18.1 Å². The van der Waals surface area contributed by atoms with Gasteiger partial charge in [-0.25, -0.2) is 9.37 Å². The third-order valence-electron chi connectivity index (χ3n) is 3.21. The highest BCUT2D eigenvalue weighted by molar-refractivity contribution is 6.31. The van der Waals surface area contributed by atoms with Crippen LogP contribution in [0.15, 0.2) is 42.7 Å². The second-order valence-corrected chi connectivity index (χ2v) is 5.46. The van der Waals surface area contributed by atoms with E-state index in [0.29, 0.717) is 11.4 Å². The van der Waals surface area contributed by atoms with Gasteiger partial charge in [-0.3, -0.25) is 4.79 Å². The lowest BCUT2D eigenvalue weighted by molar-refractivity contribution is -0.115. The molecule has 0 bridgehead atoms. The van der Waals surface area contributed by atoms with Crippen molar-refractivity contribution in [2.24, 2.45) is 0 Å². The number of nitrogens with zero attached hydrogens (tertiary/aromatic N) is 2. The van der Waals surface area contributed by atoms with Crippen LogP contribution in [0.3, 0.4) is 0 Å². The van der Waals surface area contributed by atoms with Gasteiger partial charge in [-0.15, -0.1) is 0 Å². The number of aryl methyl sites for hydroxylation is 1. The number of carbonyl (C=O) groups is 1. The van der Waals surface area contributed by atoms with E-state index in [1.165, 1.54) is 18.2 Å². The quantitative estimate of drug-likeness (QED) is 0.802. The van der Waals surface area contributed by atoms with Crippen LogP contribution >= 0.6 is 11.6 Å². The average Bonchev–Trinajstić information content (AvgIpc) is 2.84. The molecule has 112 valence electrons. The van der Waals surface area contributed by atoms with Gasteiger partial charge < -0.3 is 9.72 Å². The second kappa shape index (κ2) is 5.77. The van der Waals surface area contributed by atoms with Crippen molar-refractivity contribution in [3.8, 4) is 0 Å². The smallest absolute Gasteiger partial charge is 0.230 e. The molecule has 0 radical (unpaired) electrons. The first kappa shape index (κ1) is 14.5. The largest absolute Gasteiger partial charge is 0.326 e. The highest BCUT2D eigenvalue weighted by Gasteiger charge is 2.09. The van der Waals surface area contributed by atoms with E-state index in [9.17, 15) is 9.18 Å². The van der Waals surface area contributed by atoms with Crippen LogP contribution in [0, 0.1) is 12.7 Å². The van der Waals surface area contributed by atoms with Gasteiger partial charge in [0.05, 0.1) is 17.1 Å². The van der Waals surface area contributed by atoms with Gasteiger partial charge in [0.2, 0.25) is 5.91 Å². The predicted molar refractivity (Wildman–Crippen MR) is 83.7 cm³/mol. The Morgan fingerprint density at radius 1 is 1.36 bits per heavy atom. The molecule has 1 N–H and O–H groups in total. The summed E-state index contributed by atoms with van der Waals surface area (Å²) in [5, 5.41) is 2.65. The maximum Gasteiger partial charge on any atom is 0.230 e. The Kier molecular flexibility index (Phi) is 3.81. The number of rotatable bonds is 3. The first-order chi connectivity index (χ1) is 10.5. The lowest BCUT2D eigenvalue weighted by atomic mass is 10.2. The SMILES string of the molecule is Cc1ccn2cc(CC(=O)Nc3ccc(F)c(Cl)c3)nc2c1. The summed E-state index contributed by atoms with van der Waals surface area (Å²) < 4.78 is 14.9. The molecule has 1 amide bonds. The number of pyridine rings is 1. The van der Waals surface area contributed by atoms with Crippen LogP contribution < -0.4 is 5.32 Å². The number of nitrogens with one attached hydrogen (secondary N) is 1. The van der Waals surface area contributed by atoms with Crippen LogP contribution in [-0.4, -0.2) is 15.3 Å². The zero-order valence-corrected chi connectivity index (χ0v) is 12.6. The van der Waals surface area contributed by atoms with E-state index in [0.717, 1.165) is 11.2 Å². The van der Waals surface area contributed by atoms with E-state index >= 15 is 0 Å². The number of hydrogen-bond acceptors (Lipinski definition) is 2. The summed E-state index contributed by atoms with van der Waals surface area (Å²) in [6.07, 6.45) is 3.85. The monoisotopic (exact) mass is 317 g/mol. The van der Waals surface area contributed by atoms with Crippen molar-refractivity contribution in [3.63, 3.8) is 0 Å². The number of imidazole rings is 1. The Balaban J connectivity index is 1.73. The van der Waals surface area contributed by atoms with Crippen molar-refractivity contribution < 1.29 is 9.18 Å². The fourth-order valence-corrected chi connectivity index (χ4v) is 2.35. The second-order valence-electron chi connectivity index (χ2n) is 5.06. The van der Waals surface area contributed by atoms with Gasteiger partial charge in [0.25, 0.3) is 0 Å². The van der Waals surface area contributed by atoms with E-state index in [2.05, 4.69) is 10.3 Å². The number of amides is 1. The molecule has 0 aliphatic heterocycles. The molecule has 2 aromatic heterocycles. The molecular formula is C16H13ClFN3O. The lowest BCUT2D eigenvalue weighted by Gasteiger charge is -2.04. The molecule has 0 spiro atoms. The van der Waals surface area contributed by atoms with Crippen molar-refractivity contribution in [1.82, 2.24) is 9.38 Å². The molecule has 0 unspecified atom stereocenters. The Bertz CT molecular complexity index is 860. The fourth-order valence-electron chi connectivity index (χ4n) is 2.16. The van der Waals surface area contributed by atoms with Crippen LogP contribution in [0.25, 0.3) is 5.65 Å². The number of benzene rings is 1. The summed E-state index contributed by atoms with van der Waals surface area (Å²) in [5.74, 6) is -0.752. The highest BCUT2D eigenvalue weighted by Crippen LogP contribution is 2.19. The van der Waals surface area contributed by atoms with E-state index in [4.69, 9.17) is 11.6 Å². The average molecular weight is 318 g/mol. The molecule has 22 heavy (non-hydrogen) atoms. The number of halogens is 2. The van der Waals surface area contributed by atoms with E-state index in [-0.39, 0.29) is 17.4 Å². The Morgan fingerprint density at radius 2 is 2.18 bits per heavy atom. The summed E-state index contributed by atoms with van der Waals surface area (Å²) in [4.78, 5) is 16.4. The van der Waals surface area contributed by atoms with Crippen LogP contribution in [0.2, 0.25) is 5.02 Å². The molecule has 0 saturated heterocycles. The molecule has 4 nitrogen and oxygen atoms in total. The normalized spacial score (nSPS) is 10.9. The standard InChI is InChI=1S/C16H13ClFN3O/c1-10-4-5-21-9-12(19-15(21)6-10)8-16(22)20-11-2-3-14(18)13(17)7-11/h2-7,9H,8H2,1H3,(H,20,22). The van der Waals surface area contributed by atoms with E-state index in [1.54, 1.807) is 0 Å². The zero-order chi connectivity index (χ0) is 15.7. The molecule has 2 heterocycles. The minimum absolute atomic E-state index is 0.0268. The van der Waals surface area contributed by atoms with Crippen LogP contribution in [-0.2, 0) is 11.2 Å². The molecule has 3 rings (SSSR count). The van der Waals surface area contributed by atoms with Crippen LogP contribution in [0.5, 0.6) is 0 Å². The van der Waals surface area contributed by atoms with Gasteiger partial charge >= 0.3 is 0 Å². The van der Waals surface area contributed by atoms with E-state index in [1.807, 2.05) is 35.9 Å². The highest BCUT2D eigenvalue weighted by atomic mass is 35.5. The van der Waals surface area contributed by atoms with Crippen molar-refractivity contribution in [2.45, 2.75) is 13.3 Å². The molecule has 0 aliphatic rings. The molecule has 3 aromatic rings. The number of hydrogen-bond donors (Lipinski definition) is 1. The van der Waals surface area contributed by atoms with Crippen LogP contribution in [0.4, 0.5) is 10.1 Å². The van der Waals surface area contributed by atoms with Crippen molar-refractivity contribution >= 4 is 28.8 Å². The topological polar surface area (TPSA) is 46.4 Å². The van der Waals surface area contributed by atoms with Crippen molar-refractivity contribution in [1.29, 1.82) is 0 Å². The summed E-state index contributed by atoms with van der Waals surface area (Å²) in [6, 6.07) is 7.97. The zero-order valence-electron chi connectivity index (χ0n) is 11.8. The molecule has 0 aliphatic carbocycles. The first-order valence-corrected chi connectivity index (χ1v) is 7.08. The molecule has 0 atom stereocenters. The van der Waals surface area contributed by atoms with Gasteiger partial charge in [-0.1, -0.05) is 11.6 Å². The van der Waals surface area contributed by atoms with Gasteiger partial charge in [0.1, 0.15) is 11.5 Å². The van der Waals surface area contributed by atoms with Crippen molar-refractivity contribution in [3.05, 3.63) is 64.8 Å². The third-order valence-corrected chi connectivity index (χ3v) is 3.50. The van der Waals surface area contributed by atoms with Crippen LogP contribution in [0.1, 0.15) is 11.3 Å². The molecule has 1 aromatic carbocycles. The van der Waals surface area contributed by atoms with Crippen molar-refractivity contribution in [2.75, 3.05) is 5.32 Å². The van der Waals surface area contributed by atoms with Gasteiger partial charge in [0.15, 0.2) is 0 Å². The summed E-state index contributed by atoms with van der Waals surface area (Å²) in [7, 11) is 0. The van der Waals surface area contributed by atoms with Gasteiger partial charge in [-0.2, -0.15) is 0 Å².